The Labute approximate surface area is 202 Å². The fraction of sp³-hybridized carbons (Fsp3) is 0.308. The van der Waals surface area contributed by atoms with E-state index in [0.29, 0.717) is 22.5 Å². The summed E-state index contributed by atoms with van der Waals surface area (Å²) < 4.78 is 5.20. The molecule has 0 aliphatic carbocycles. The Kier molecular flexibility index (Phi) is 7.83. The van der Waals surface area contributed by atoms with Crippen molar-refractivity contribution in [1.29, 1.82) is 0 Å². The van der Waals surface area contributed by atoms with E-state index in [2.05, 4.69) is 38.2 Å². The van der Waals surface area contributed by atoms with Crippen molar-refractivity contribution in [1.82, 2.24) is 0 Å². The van der Waals surface area contributed by atoms with Crippen LogP contribution in [0.4, 0.5) is 10.7 Å². The van der Waals surface area contributed by atoms with Crippen molar-refractivity contribution >= 4 is 33.9 Å². The van der Waals surface area contributed by atoms with Gasteiger partial charge >= 0.3 is 5.97 Å². The largest absolute Gasteiger partial charge is 0.462 e. The minimum atomic E-state index is -0.585. The van der Waals surface area contributed by atoms with Gasteiger partial charge in [0.25, 0.3) is 5.69 Å². The van der Waals surface area contributed by atoms with Crippen LogP contribution in [-0.4, -0.2) is 23.4 Å². The van der Waals surface area contributed by atoms with E-state index >= 15 is 0 Å². The van der Waals surface area contributed by atoms with Gasteiger partial charge in [-0.3, -0.25) is 14.9 Å². The number of nitro benzene ring substituents is 1. The van der Waals surface area contributed by atoms with Gasteiger partial charge in [0.2, 0.25) is 5.91 Å². The van der Waals surface area contributed by atoms with Crippen molar-refractivity contribution in [3.05, 3.63) is 80.7 Å². The summed E-state index contributed by atoms with van der Waals surface area (Å²) in [5, 5.41) is 16.1. The van der Waals surface area contributed by atoms with Crippen molar-refractivity contribution in [3.8, 4) is 11.1 Å². The maximum atomic E-state index is 12.7. The third kappa shape index (κ3) is 6.08. The maximum Gasteiger partial charge on any atom is 0.341 e. The second-order valence-corrected chi connectivity index (χ2v) is 9.76. The number of hydrogen-bond acceptors (Lipinski definition) is 6. The van der Waals surface area contributed by atoms with Gasteiger partial charge in [0.1, 0.15) is 10.6 Å². The van der Waals surface area contributed by atoms with Crippen LogP contribution < -0.4 is 5.32 Å². The molecule has 3 aromatic rings. The number of carbonyl (C=O) groups excluding carboxylic acids is 2. The molecule has 0 saturated carbocycles. The van der Waals surface area contributed by atoms with Crippen LogP contribution in [0.2, 0.25) is 0 Å². The van der Waals surface area contributed by atoms with Crippen LogP contribution >= 0.6 is 11.3 Å². The number of amides is 1. The molecule has 1 amide bonds. The molecule has 0 unspecified atom stereocenters. The number of carbonyl (C=O) groups is 2. The van der Waals surface area contributed by atoms with Crippen molar-refractivity contribution in [2.24, 2.45) is 0 Å². The quantitative estimate of drug-likeness (QED) is 0.229. The van der Waals surface area contributed by atoms with Gasteiger partial charge in [0.15, 0.2) is 0 Å². The number of hydrogen-bond donors (Lipinski definition) is 1. The van der Waals surface area contributed by atoms with Crippen molar-refractivity contribution in [2.75, 3.05) is 11.9 Å². The van der Waals surface area contributed by atoms with Crippen molar-refractivity contribution in [3.63, 3.8) is 0 Å². The molecule has 0 atom stereocenters. The molecule has 1 aromatic heterocycles. The fourth-order valence-corrected chi connectivity index (χ4v) is 4.45. The first kappa shape index (κ1) is 25.1. The normalized spacial score (nSPS) is 11.2. The molecule has 2 aromatic carbocycles. The molecule has 0 bridgehead atoms. The number of ether oxygens (including phenoxy) is 1. The lowest BCUT2D eigenvalue weighted by Crippen LogP contribution is -2.15. The van der Waals surface area contributed by atoms with E-state index in [0.717, 1.165) is 5.56 Å². The molecule has 1 heterocycles. The number of esters is 1. The molecule has 8 heteroatoms. The van der Waals surface area contributed by atoms with E-state index in [1.165, 1.54) is 29.0 Å². The molecule has 0 spiro atoms. The smallest absolute Gasteiger partial charge is 0.341 e. The van der Waals surface area contributed by atoms with Crippen LogP contribution in [-0.2, 0) is 21.4 Å². The van der Waals surface area contributed by atoms with Gasteiger partial charge < -0.3 is 10.1 Å². The number of anilines is 1. The van der Waals surface area contributed by atoms with Crippen LogP contribution in [0.15, 0.2) is 53.9 Å². The summed E-state index contributed by atoms with van der Waals surface area (Å²) in [5.41, 5.74) is 3.46. The molecule has 0 fully saturated rings. The van der Waals surface area contributed by atoms with Crippen LogP contribution in [0.25, 0.3) is 11.1 Å². The molecule has 7 nitrogen and oxygen atoms in total. The molecule has 0 aliphatic rings. The van der Waals surface area contributed by atoms with Gasteiger partial charge in [-0.15, -0.1) is 11.3 Å². The number of aryl methyl sites for hydroxylation is 1. The second kappa shape index (κ2) is 10.6. The molecule has 34 heavy (non-hydrogen) atoms. The third-order valence-electron chi connectivity index (χ3n) is 5.35. The number of nitro groups is 1. The number of nitrogens with zero attached hydrogens (tertiary/aromatic N) is 1. The van der Waals surface area contributed by atoms with Crippen molar-refractivity contribution < 1.29 is 19.2 Å². The summed E-state index contributed by atoms with van der Waals surface area (Å²) in [7, 11) is 0. The molecular weight excluding hydrogens is 452 g/mol. The molecular formula is C26H28N2O5S. The lowest BCUT2D eigenvalue weighted by atomic mass is 9.86. The lowest BCUT2D eigenvalue weighted by molar-refractivity contribution is -0.384. The van der Waals surface area contributed by atoms with Gasteiger partial charge in [0, 0.05) is 29.5 Å². The van der Waals surface area contributed by atoms with E-state index in [9.17, 15) is 19.7 Å². The molecule has 0 saturated heterocycles. The second-order valence-electron chi connectivity index (χ2n) is 8.88. The summed E-state index contributed by atoms with van der Waals surface area (Å²) in [6, 6.07) is 14.3. The molecule has 178 valence electrons. The molecule has 3 rings (SSSR count). The zero-order valence-electron chi connectivity index (χ0n) is 19.7. The summed E-state index contributed by atoms with van der Waals surface area (Å²) in [6.07, 6.45) is 0.815. The Morgan fingerprint density at radius 2 is 1.82 bits per heavy atom. The molecule has 0 aliphatic heterocycles. The first-order chi connectivity index (χ1) is 16.1. The minimum Gasteiger partial charge on any atom is -0.462 e. The Balaban J connectivity index is 1.78. The number of nitrogens with one attached hydrogen (secondary N) is 1. The SMILES string of the molecule is CCOC(=O)c1c(-c2cccc([N+](=O)[O-])c2)csc1NC(=O)CCc1ccc(C(C)(C)C)cc1. The average Bonchev–Trinajstić information content (AvgIpc) is 3.21. The highest BCUT2D eigenvalue weighted by Gasteiger charge is 2.23. The topological polar surface area (TPSA) is 98.5 Å². The van der Waals surface area contributed by atoms with Gasteiger partial charge in [0.05, 0.1) is 11.5 Å². The summed E-state index contributed by atoms with van der Waals surface area (Å²) in [4.78, 5) is 36.1. The first-order valence-electron chi connectivity index (χ1n) is 11.0. The summed E-state index contributed by atoms with van der Waals surface area (Å²) in [6.45, 7) is 8.32. The van der Waals surface area contributed by atoms with Crippen LogP contribution in [0, 0.1) is 10.1 Å². The van der Waals surface area contributed by atoms with Gasteiger partial charge in [-0.25, -0.2) is 4.79 Å². The van der Waals surface area contributed by atoms with Gasteiger partial charge in [-0.2, -0.15) is 0 Å². The van der Waals surface area contributed by atoms with E-state index in [1.54, 1.807) is 24.4 Å². The predicted octanol–water partition coefficient (Wildman–Crippen LogP) is 6.37. The van der Waals surface area contributed by atoms with E-state index < -0.39 is 10.9 Å². The van der Waals surface area contributed by atoms with E-state index in [-0.39, 0.29) is 35.6 Å². The lowest BCUT2D eigenvalue weighted by Gasteiger charge is -2.19. The van der Waals surface area contributed by atoms with E-state index in [1.807, 2.05) is 12.1 Å². The zero-order valence-corrected chi connectivity index (χ0v) is 20.5. The number of benzene rings is 2. The Hall–Kier alpha value is -3.52. The van der Waals surface area contributed by atoms with Crippen LogP contribution in [0.1, 0.15) is 55.6 Å². The summed E-state index contributed by atoms with van der Waals surface area (Å²) in [5.74, 6) is -0.809. The monoisotopic (exact) mass is 480 g/mol. The Bertz CT molecular complexity index is 1190. The van der Waals surface area contributed by atoms with Crippen LogP contribution in [0.5, 0.6) is 0 Å². The number of thiophene rings is 1. The van der Waals surface area contributed by atoms with Crippen molar-refractivity contribution in [2.45, 2.75) is 46.0 Å². The zero-order chi connectivity index (χ0) is 24.9. The number of rotatable bonds is 8. The predicted molar refractivity (Wildman–Crippen MR) is 134 cm³/mol. The highest BCUT2D eigenvalue weighted by molar-refractivity contribution is 7.15. The first-order valence-corrected chi connectivity index (χ1v) is 11.9. The third-order valence-corrected chi connectivity index (χ3v) is 6.25. The highest BCUT2D eigenvalue weighted by Crippen LogP contribution is 2.37. The standard InChI is InChI=1S/C26H28N2O5S/c1-5-33-25(30)23-21(18-7-6-8-20(15-18)28(31)32)16-34-24(23)27-22(29)14-11-17-9-12-19(13-10-17)26(2,3)4/h6-10,12-13,15-16H,5,11,14H2,1-4H3,(H,27,29). The average molecular weight is 481 g/mol. The van der Waals surface area contributed by atoms with Gasteiger partial charge in [-0.1, -0.05) is 57.2 Å². The Morgan fingerprint density at radius 1 is 1.12 bits per heavy atom. The van der Waals surface area contributed by atoms with Gasteiger partial charge in [-0.05, 0) is 35.4 Å². The Morgan fingerprint density at radius 3 is 2.44 bits per heavy atom. The van der Waals surface area contributed by atoms with Crippen LogP contribution in [0.3, 0.4) is 0 Å². The molecule has 0 radical (unpaired) electrons. The number of non-ortho nitro benzene ring substituents is 1. The minimum absolute atomic E-state index is 0.0649. The molecule has 1 N–H and O–H groups in total. The highest BCUT2D eigenvalue weighted by atomic mass is 32.1. The fourth-order valence-electron chi connectivity index (χ4n) is 3.47. The maximum absolute atomic E-state index is 12.7. The van der Waals surface area contributed by atoms with E-state index in [4.69, 9.17) is 4.74 Å². The summed E-state index contributed by atoms with van der Waals surface area (Å²) >= 11 is 1.19.